The van der Waals surface area contributed by atoms with Crippen LogP contribution in [0.25, 0.3) is 0 Å². The Morgan fingerprint density at radius 2 is 2.17 bits per heavy atom. The van der Waals surface area contributed by atoms with E-state index in [0.29, 0.717) is 5.69 Å². The Balaban J connectivity index is 2.48. The molecule has 2 heteroatoms. The van der Waals surface area contributed by atoms with Crippen LogP contribution >= 0.6 is 0 Å². The number of rotatable bonds is 0. The van der Waals surface area contributed by atoms with Crippen LogP contribution < -0.4 is 5.32 Å². The first-order chi connectivity index (χ1) is 5.58. The van der Waals surface area contributed by atoms with Crippen molar-refractivity contribution >= 4 is 5.69 Å². The number of hydrogen-bond donors (Lipinski definition) is 1. The SMILES string of the molecule is CC1(C)Cc2cccc(F)c2N1. The molecule has 64 valence electrons. The molecular formula is C10H12FN. The Morgan fingerprint density at radius 1 is 1.42 bits per heavy atom. The van der Waals surface area contributed by atoms with Crippen LogP contribution in [0, 0.1) is 5.82 Å². The Bertz CT molecular complexity index is 318. The van der Waals surface area contributed by atoms with E-state index in [0.717, 1.165) is 12.0 Å². The fourth-order valence-electron chi connectivity index (χ4n) is 1.71. The number of anilines is 1. The van der Waals surface area contributed by atoms with E-state index in [1.807, 2.05) is 6.07 Å². The molecule has 1 heterocycles. The maximum absolute atomic E-state index is 13.2. The Labute approximate surface area is 71.6 Å². The molecule has 1 nitrogen and oxygen atoms in total. The van der Waals surface area contributed by atoms with Crippen molar-refractivity contribution in [1.82, 2.24) is 0 Å². The van der Waals surface area contributed by atoms with Crippen molar-refractivity contribution in [1.29, 1.82) is 0 Å². The molecule has 0 aromatic heterocycles. The number of fused-ring (bicyclic) bond motifs is 1. The van der Waals surface area contributed by atoms with Gasteiger partial charge in [0.15, 0.2) is 0 Å². The van der Waals surface area contributed by atoms with Gasteiger partial charge < -0.3 is 5.32 Å². The van der Waals surface area contributed by atoms with Gasteiger partial charge in [0.05, 0.1) is 5.69 Å². The van der Waals surface area contributed by atoms with Gasteiger partial charge in [-0.3, -0.25) is 0 Å². The van der Waals surface area contributed by atoms with Crippen LogP contribution in [-0.2, 0) is 6.42 Å². The zero-order valence-electron chi connectivity index (χ0n) is 7.32. The fourth-order valence-corrected chi connectivity index (χ4v) is 1.71. The minimum Gasteiger partial charge on any atom is -0.377 e. The average Bonchev–Trinajstić information content (AvgIpc) is 2.25. The maximum atomic E-state index is 13.2. The molecule has 0 bridgehead atoms. The number of hydrogen-bond acceptors (Lipinski definition) is 1. The number of para-hydroxylation sites is 1. The van der Waals surface area contributed by atoms with Crippen molar-refractivity contribution in [3.05, 3.63) is 29.6 Å². The highest BCUT2D eigenvalue weighted by molar-refractivity contribution is 5.59. The molecule has 0 spiro atoms. The molecule has 0 amide bonds. The summed E-state index contributed by atoms with van der Waals surface area (Å²) in [5.74, 6) is -0.141. The average molecular weight is 165 g/mol. The van der Waals surface area contributed by atoms with Crippen LogP contribution in [0.15, 0.2) is 18.2 Å². The van der Waals surface area contributed by atoms with Gasteiger partial charge in [-0.15, -0.1) is 0 Å². The number of nitrogens with one attached hydrogen (secondary N) is 1. The zero-order valence-corrected chi connectivity index (χ0v) is 7.32. The van der Waals surface area contributed by atoms with Crippen molar-refractivity contribution in [2.75, 3.05) is 5.32 Å². The molecule has 0 saturated heterocycles. The third-order valence-corrected chi connectivity index (χ3v) is 2.20. The topological polar surface area (TPSA) is 12.0 Å². The molecular weight excluding hydrogens is 153 g/mol. The fraction of sp³-hybridized carbons (Fsp3) is 0.400. The largest absolute Gasteiger partial charge is 0.377 e. The van der Waals surface area contributed by atoms with Gasteiger partial charge in [0.1, 0.15) is 5.82 Å². The third-order valence-electron chi connectivity index (χ3n) is 2.20. The highest BCUT2D eigenvalue weighted by Gasteiger charge is 2.28. The van der Waals surface area contributed by atoms with Crippen molar-refractivity contribution in [3.63, 3.8) is 0 Å². The molecule has 0 radical (unpaired) electrons. The van der Waals surface area contributed by atoms with Crippen LogP contribution in [0.2, 0.25) is 0 Å². The van der Waals surface area contributed by atoms with E-state index in [1.54, 1.807) is 6.07 Å². The summed E-state index contributed by atoms with van der Waals surface area (Å²) in [5.41, 5.74) is 1.77. The molecule has 0 unspecified atom stereocenters. The van der Waals surface area contributed by atoms with Crippen LogP contribution in [0.1, 0.15) is 19.4 Å². The van der Waals surface area contributed by atoms with Gasteiger partial charge >= 0.3 is 0 Å². The molecule has 12 heavy (non-hydrogen) atoms. The summed E-state index contributed by atoms with van der Waals surface area (Å²) < 4.78 is 13.2. The second-order valence-electron chi connectivity index (χ2n) is 3.96. The monoisotopic (exact) mass is 165 g/mol. The van der Waals surface area contributed by atoms with Crippen molar-refractivity contribution < 1.29 is 4.39 Å². The zero-order chi connectivity index (χ0) is 8.77. The summed E-state index contributed by atoms with van der Waals surface area (Å²) in [6.07, 6.45) is 0.903. The van der Waals surface area contributed by atoms with Gasteiger partial charge in [-0.2, -0.15) is 0 Å². The standard InChI is InChI=1S/C10H12FN/c1-10(2)6-7-4-3-5-8(11)9(7)12-10/h3-5,12H,6H2,1-2H3. The van der Waals surface area contributed by atoms with E-state index in [2.05, 4.69) is 19.2 Å². The number of benzene rings is 1. The number of halogens is 1. The summed E-state index contributed by atoms with van der Waals surface area (Å²) in [4.78, 5) is 0. The van der Waals surface area contributed by atoms with Gasteiger partial charge in [-0.1, -0.05) is 12.1 Å². The summed E-state index contributed by atoms with van der Waals surface area (Å²) in [5, 5.41) is 3.17. The highest BCUT2D eigenvalue weighted by Crippen LogP contribution is 2.33. The van der Waals surface area contributed by atoms with Crippen molar-refractivity contribution in [2.45, 2.75) is 25.8 Å². The Kier molecular flexibility index (Phi) is 1.40. The summed E-state index contributed by atoms with van der Waals surface area (Å²) in [6.45, 7) is 4.15. The van der Waals surface area contributed by atoms with E-state index in [9.17, 15) is 4.39 Å². The second-order valence-corrected chi connectivity index (χ2v) is 3.96. The first-order valence-electron chi connectivity index (χ1n) is 4.14. The van der Waals surface area contributed by atoms with Crippen LogP contribution in [0.5, 0.6) is 0 Å². The molecule has 0 atom stereocenters. The minimum absolute atomic E-state index is 0.00449. The van der Waals surface area contributed by atoms with Crippen LogP contribution in [-0.4, -0.2) is 5.54 Å². The van der Waals surface area contributed by atoms with Crippen LogP contribution in [0.4, 0.5) is 10.1 Å². The molecule has 1 aromatic carbocycles. The molecule has 1 N–H and O–H groups in total. The lowest BCUT2D eigenvalue weighted by molar-refractivity contribution is 0.588. The predicted octanol–water partition coefficient (Wildman–Crippen LogP) is 2.57. The lowest BCUT2D eigenvalue weighted by Gasteiger charge is -2.17. The molecule has 1 aliphatic heterocycles. The van der Waals surface area contributed by atoms with E-state index in [4.69, 9.17) is 0 Å². The summed E-state index contributed by atoms with van der Waals surface area (Å²) in [6, 6.07) is 5.23. The van der Waals surface area contributed by atoms with Crippen LogP contribution in [0.3, 0.4) is 0 Å². The Morgan fingerprint density at radius 3 is 2.83 bits per heavy atom. The minimum atomic E-state index is -0.141. The van der Waals surface area contributed by atoms with Gasteiger partial charge in [-0.05, 0) is 31.9 Å². The maximum Gasteiger partial charge on any atom is 0.146 e. The Hall–Kier alpha value is -1.05. The molecule has 0 aliphatic carbocycles. The lowest BCUT2D eigenvalue weighted by atomic mass is 10.0. The summed E-state index contributed by atoms with van der Waals surface area (Å²) in [7, 11) is 0. The van der Waals surface area contributed by atoms with Crippen molar-refractivity contribution in [3.8, 4) is 0 Å². The first-order valence-corrected chi connectivity index (χ1v) is 4.14. The molecule has 0 fully saturated rings. The highest BCUT2D eigenvalue weighted by atomic mass is 19.1. The third kappa shape index (κ3) is 1.07. The van der Waals surface area contributed by atoms with E-state index in [1.165, 1.54) is 6.07 Å². The van der Waals surface area contributed by atoms with Gasteiger partial charge in [0.25, 0.3) is 0 Å². The van der Waals surface area contributed by atoms with Gasteiger partial charge in [-0.25, -0.2) is 4.39 Å². The normalized spacial score (nSPS) is 18.6. The smallest absolute Gasteiger partial charge is 0.146 e. The molecule has 1 aromatic rings. The summed E-state index contributed by atoms with van der Waals surface area (Å²) >= 11 is 0. The lowest BCUT2D eigenvalue weighted by Crippen LogP contribution is -2.27. The molecule has 1 aliphatic rings. The van der Waals surface area contributed by atoms with E-state index in [-0.39, 0.29) is 11.4 Å². The predicted molar refractivity (Wildman–Crippen MR) is 47.8 cm³/mol. The van der Waals surface area contributed by atoms with E-state index < -0.39 is 0 Å². The second kappa shape index (κ2) is 2.22. The molecule has 0 saturated carbocycles. The quantitative estimate of drug-likeness (QED) is 0.623. The van der Waals surface area contributed by atoms with Gasteiger partial charge in [0, 0.05) is 5.54 Å². The van der Waals surface area contributed by atoms with Gasteiger partial charge in [0.2, 0.25) is 0 Å². The molecule has 2 rings (SSSR count). The first kappa shape index (κ1) is 7.59. The van der Waals surface area contributed by atoms with Crippen molar-refractivity contribution in [2.24, 2.45) is 0 Å². The van der Waals surface area contributed by atoms with E-state index >= 15 is 0 Å².